The van der Waals surface area contributed by atoms with Crippen molar-refractivity contribution in [2.75, 3.05) is 0 Å². The van der Waals surface area contributed by atoms with Gasteiger partial charge in [-0.3, -0.25) is 4.79 Å². The fourth-order valence-corrected chi connectivity index (χ4v) is 9.13. The van der Waals surface area contributed by atoms with E-state index in [1.165, 1.54) is 18.1 Å². The third-order valence-corrected chi connectivity index (χ3v) is 11.7. The highest BCUT2D eigenvalue weighted by Crippen LogP contribution is 2.72. The summed E-state index contributed by atoms with van der Waals surface area (Å²) in [5.74, 6) is 0.0188. The number of aliphatic carboxylic acids is 1. The first-order chi connectivity index (χ1) is 17.1. The van der Waals surface area contributed by atoms with Crippen molar-refractivity contribution in [1.82, 2.24) is 0 Å². The number of hydrogen-bond acceptors (Lipinski definition) is 4. The van der Waals surface area contributed by atoms with Crippen LogP contribution in [0.2, 0.25) is 0 Å². The molecule has 0 radical (unpaired) electrons. The Labute approximate surface area is 223 Å². The highest BCUT2D eigenvalue weighted by Gasteiger charge is 2.67. The summed E-state index contributed by atoms with van der Waals surface area (Å²) in [6, 6.07) is 0. The van der Waals surface area contributed by atoms with Gasteiger partial charge in [-0.2, -0.15) is 0 Å². The summed E-state index contributed by atoms with van der Waals surface area (Å²) >= 11 is 0. The van der Waals surface area contributed by atoms with Gasteiger partial charge in [0, 0.05) is 17.9 Å². The van der Waals surface area contributed by atoms with E-state index in [1.54, 1.807) is 6.92 Å². The van der Waals surface area contributed by atoms with Crippen molar-refractivity contribution in [3.8, 4) is 0 Å². The first kappa shape index (κ1) is 28.1. The maximum Gasteiger partial charge on any atom is 0.330 e. The predicted molar refractivity (Wildman–Crippen MR) is 146 cm³/mol. The van der Waals surface area contributed by atoms with Crippen LogP contribution in [0.5, 0.6) is 0 Å². The Morgan fingerprint density at radius 3 is 2.43 bits per heavy atom. The van der Waals surface area contributed by atoms with Crippen LogP contribution in [0.3, 0.4) is 0 Å². The largest absolute Gasteiger partial charge is 0.478 e. The van der Waals surface area contributed by atoms with Gasteiger partial charge in [0.05, 0.1) is 6.10 Å². The fraction of sp³-hybridized carbons (Fsp3) is 0.750. The lowest BCUT2D eigenvalue weighted by molar-refractivity contribution is -0.152. The third-order valence-electron chi connectivity index (χ3n) is 11.7. The van der Waals surface area contributed by atoms with Crippen molar-refractivity contribution >= 4 is 11.9 Å². The Hall–Kier alpha value is -1.88. The van der Waals surface area contributed by atoms with Crippen LogP contribution in [0.4, 0.5) is 0 Å². The van der Waals surface area contributed by atoms with Crippen LogP contribution >= 0.6 is 0 Å². The molecule has 4 aliphatic rings. The third kappa shape index (κ3) is 4.15. The second-order valence-corrected chi connectivity index (χ2v) is 13.8. The Kier molecular flexibility index (Phi) is 7.14. The summed E-state index contributed by atoms with van der Waals surface area (Å²) in [5.41, 5.74) is 2.68. The Balaban J connectivity index is 1.73. The number of fused-ring (bicyclic) bond motifs is 5. The van der Waals surface area contributed by atoms with E-state index < -0.39 is 5.97 Å². The molecule has 0 aromatic heterocycles. The molecule has 2 saturated carbocycles. The zero-order valence-corrected chi connectivity index (χ0v) is 24.2. The average molecular weight is 513 g/mol. The lowest BCUT2D eigenvalue weighted by Crippen LogP contribution is -2.56. The van der Waals surface area contributed by atoms with Crippen LogP contribution in [0.1, 0.15) is 100 Å². The molecule has 206 valence electrons. The number of esters is 1. The fourth-order valence-electron chi connectivity index (χ4n) is 9.13. The topological polar surface area (TPSA) is 83.8 Å². The Bertz CT molecular complexity index is 1050. The van der Waals surface area contributed by atoms with Gasteiger partial charge in [0.2, 0.25) is 0 Å². The number of carboxylic acids is 1. The number of hydrogen-bond donors (Lipinski definition) is 2. The van der Waals surface area contributed by atoms with Gasteiger partial charge < -0.3 is 14.9 Å². The molecule has 2 fully saturated rings. The summed E-state index contributed by atoms with van der Waals surface area (Å²) in [7, 11) is 0. The molecule has 5 heteroatoms. The zero-order valence-electron chi connectivity index (χ0n) is 24.2. The standard InChI is InChI=1S/C32H48O5/c1-19(10-9-11-20(2)28(35)36)24-18-27(37-21(3)33)32(8)23-12-13-25-29(4,5)26(34)15-16-30(25,6)22(23)14-17-31(24,32)7/h11-12,14,19,24-27,34H,9-10,13,15-18H2,1-8H3,(H,35,36)/b20-11+/t19-,24?,25?,26-,27?,30-,31-,32-/m1/s1. The van der Waals surface area contributed by atoms with Gasteiger partial charge in [-0.15, -0.1) is 0 Å². The molecule has 0 spiro atoms. The number of allylic oxidation sites excluding steroid dienone is 4. The maximum absolute atomic E-state index is 12.3. The van der Waals surface area contributed by atoms with E-state index in [9.17, 15) is 19.8 Å². The quantitative estimate of drug-likeness (QED) is 0.300. The number of carboxylic acid groups (broad SMARTS) is 1. The van der Waals surface area contributed by atoms with Crippen molar-refractivity contribution in [3.05, 3.63) is 34.9 Å². The number of aliphatic hydroxyl groups excluding tert-OH is 1. The molecule has 0 bridgehead atoms. The van der Waals surface area contributed by atoms with E-state index in [0.717, 1.165) is 44.9 Å². The van der Waals surface area contributed by atoms with Gasteiger partial charge in [0.15, 0.2) is 0 Å². The first-order valence-corrected chi connectivity index (χ1v) is 14.3. The Morgan fingerprint density at radius 1 is 1.14 bits per heavy atom. The van der Waals surface area contributed by atoms with Crippen molar-refractivity contribution in [1.29, 1.82) is 0 Å². The second kappa shape index (κ2) is 9.39. The van der Waals surface area contributed by atoms with Gasteiger partial charge >= 0.3 is 11.9 Å². The van der Waals surface area contributed by atoms with Gasteiger partial charge in [-0.05, 0) is 97.0 Å². The predicted octanol–water partition coefficient (Wildman–Crippen LogP) is 6.86. The SMILES string of the molecule is CC(=O)OC1CC([C@H](C)CC/C=C(\C)C(=O)O)[C@@]2(C)CC=C3C(=CCC4C(C)(C)[C@H](O)CC[C@]34C)[C@]12C. The number of carbonyl (C=O) groups is 2. The molecule has 0 heterocycles. The molecule has 0 aromatic carbocycles. The second-order valence-electron chi connectivity index (χ2n) is 13.8. The lowest BCUT2D eigenvalue weighted by Gasteiger charge is -2.61. The molecular weight excluding hydrogens is 464 g/mol. The van der Waals surface area contributed by atoms with Crippen molar-refractivity contribution in [2.24, 2.45) is 39.4 Å². The number of ether oxygens (including phenoxy) is 1. The van der Waals surface area contributed by atoms with E-state index in [1.807, 2.05) is 6.08 Å². The van der Waals surface area contributed by atoms with E-state index >= 15 is 0 Å². The maximum atomic E-state index is 12.3. The van der Waals surface area contributed by atoms with Crippen LogP contribution < -0.4 is 0 Å². The van der Waals surface area contributed by atoms with Crippen molar-refractivity contribution < 1.29 is 24.5 Å². The summed E-state index contributed by atoms with van der Waals surface area (Å²) in [6.07, 6.45) is 12.4. The summed E-state index contributed by atoms with van der Waals surface area (Å²) in [4.78, 5) is 23.6. The minimum absolute atomic E-state index is 0.000777. The normalized spacial score (nSPS) is 41.5. The molecule has 0 amide bonds. The van der Waals surface area contributed by atoms with Gasteiger partial charge in [-0.1, -0.05) is 59.8 Å². The minimum atomic E-state index is -0.859. The molecule has 4 aliphatic carbocycles. The van der Waals surface area contributed by atoms with E-state index in [0.29, 0.717) is 23.3 Å². The van der Waals surface area contributed by atoms with Crippen LogP contribution in [-0.2, 0) is 14.3 Å². The lowest BCUT2D eigenvalue weighted by atomic mass is 9.44. The molecule has 0 aliphatic heterocycles. The highest BCUT2D eigenvalue weighted by atomic mass is 16.5. The molecule has 3 unspecified atom stereocenters. The van der Waals surface area contributed by atoms with Gasteiger partial charge in [0.1, 0.15) is 6.10 Å². The molecule has 0 saturated heterocycles. The van der Waals surface area contributed by atoms with Crippen LogP contribution in [0.25, 0.3) is 0 Å². The summed E-state index contributed by atoms with van der Waals surface area (Å²) in [5, 5.41) is 20.1. The Morgan fingerprint density at radius 2 is 1.81 bits per heavy atom. The van der Waals surface area contributed by atoms with Crippen molar-refractivity contribution in [2.45, 2.75) is 113 Å². The molecule has 2 N–H and O–H groups in total. The molecule has 4 rings (SSSR count). The van der Waals surface area contributed by atoms with Crippen LogP contribution in [0, 0.1) is 39.4 Å². The molecule has 5 nitrogen and oxygen atoms in total. The molecular formula is C32H48O5. The number of carbonyl (C=O) groups excluding carboxylic acids is 1. The van der Waals surface area contributed by atoms with Crippen LogP contribution in [0.15, 0.2) is 34.9 Å². The first-order valence-electron chi connectivity index (χ1n) is 14.3. The monoisotopic (exact) mass is 512 g/mol. The van der Waals surface area contributed by atoms with Gasteiger partial charge in [-0.25, -0.2) is 4.79 Å². The highest BCUT2D eigenvalue weighted by molar-refractivity contribution is 5.85. The molecule has 37 heavy (non-hydrogen) atoms. The molecule has 0 aromatic rings. The summed E-state index contributed by atoms with van der Waals surface area (Å²) < 4.78 is 6.14. The smallest absolute Gasteiger partial charge is 0.330 e. The van der Waals surface area contributed by atoms with Crippen LogP contribution in [-0.4, -0.2) is 34.4 Å². The molecule has 8 atom stereocenters. The minimum Gasteiger partial charge on any atom is -0.478 e. The van der Waals surface area contributed by atoms with E-state index in [-0.39, 0.29) is 39.8 Å². The number of aliphatic hydroxyl groups is 1. The zero-order chi connectivity index (χ0) is 27.6. The average Bonchev–Trinajstić information content (AvgIpc) is 3.03. The number of rotatable bonds is 6. The summed E-state index contributed by atoms with van der Waals surface area (Å²) in [6.45, 7) is 17.1. The van der Waals surface area contributed by atoms with Gasteiger partial charge in [0.25, 0.3) is 0 Å². The van der Waals surface area contributed by atoms with E-state index in [2.05, 4.69) is 53.7 Å². The van der Waals surface area contributed by atoms with E-state index in [4.69, 9.17) is 4.74 Å². The van der Waals surface area contributed by atoms with Crippen molar-refractivity contribution in [3.63, 3.8) is 0 Å².